The minimum Gasteiger partial charge on any atom is -0.368 e. The number of H-pyrrole nitrogens is 1. The normalized spacial score (nSPS) is 14.4. The van der Waals surface area contributed by atoms with Crippen molar-refractivity contribution in [3.63, 3.8) is 0 Å². The Morgan fingerprint density at radius 1 is 1.04 bits per heavy atom. The fourth-order valence-electron chi connectivity index (χ4n) is 3.31. The Morgan fingerprint density at radius 2 is 1.78 bits per heavy atom. The van der Waals surface area contributed by atoms with E-state index in [1.165, 1.54) is 5.56 Å². The monoisotopic (exact) mass is 380 g/mol. The summed E-state index contributed by atoms with van der Waals surface area (Å²) >= 11 is 6.08. The maximum Gasteiger partial charge on any atom is 0.272 e. The molecule has 1 aliphatic rings. The number of amides is 1. The predicted molar refractivity (Wildman–Crippen MR) is 108 cm³/mol. The topological polar surface area (TPSA) is 52.2 Å². The van der Waals surface area contributed by atoms with E-state index < -0.39 is 0 Å². The van der Waals surface area contributed by atoms with Crippen LogP contribution >= 0.6 is 11.6 Å². The van der Waals surface area contributed by atoms with Crippen molar-refractivity contribution in [2.75, 3.05) is 31.1 Å². The fraction of sp³-hybridized carbons (Fsp3) is 0.238. The average molecular weight is 381 g/mol. The molecule has 6 heteroatoms. The number of aryl methyl sites for hydroxylation is 1. The molecular formula is C21H21ClN4O. The highest BCUT2D eigenvalue weighted by Gasteiger charge is 2.24. The Hall–Kier alpha value is -2.79. The summed E-state index contributed by atoms with van der Waals surface area (Å²) in [5.41, 5.74) is 4.61. The molecule has 5 nitrogen and oxygen atoms in total. The molecule has 0 saturated carbocycles. The van der Waals surface area contributed by atoms with Gasteiger partial charge in [0.1, 0.15) is 5.69 Å². The van der Waals surface area contributed by atoms with Crippen LogP contribution in [0.3, 0.4) is 0 Å². The Morgan fingerprint density at radius 3 is 2.48 bits per heavy atom. The molecule has 1 aliphatic heterocycles. The summed E-state index contributed by atoms with van der Waals surface area (Å²) < 4.78 is 0. The molecule has 0 atom stereocenters. The standard InChI is InChI=1S/C21H21ClN4O/c1-15-5-7-16(8-6-15)19-14-20(24-23-19)21(27)26-11-9-25(10-12-26)18-4-2-3-17(22)13-18/h2-8,13-14H,9-12H2,1H3,(H,23,24). The van der Waals surface area contributed by atoms with E-state index in [0.29, 0.717) is 18.8 Å². The van der Waals surface area contributed by atoms with Gasteiger partial charge in [-0.05, 0) is 31.2 Å². The first-order valence-corrected chi connectivity index (χ1v) is 9.40. The van der Waals surface area contributed by atoms with Gasteiger partial charge in [0, 0.05) is 42.5 Å². The highest BCUT2D eigenvalue weighted by molar-refractivity contribution is 6.30. The number of aromatic amines is 1. The molecule has 1 amide bonds. The summed E-state index contributed by atoms with van der Waals surface area (Å²) in [4.78, 5) is 16.9. The number of halogens is 1. The van der Waals surface area contributed by atoms with Crippen LogP contribution in [0.25, 0.3) is 11.3 Å². The largest absolute Gasteiger partial charge is 0.368 e. The SMILES string of the molecule is Cc1ccc(-c2cc(C(=O)N3CCN(c4cccc(Cl)c4)CC3)[nH]n2)cc1. The molecule has 0 unspecified atom stereocenters. The molecule has 3 aromatic rings. The van der Waals surface area contributed by atoms with Gasteiger partial charge in [0.15, 0.2) is 0 Å². The van der Waals surface area contributed by atoms with Gasteiger partial charge < -0.3 is 9.80 Å². The molecule has 1 saturated heterocycles. The van der Waals surface area contributed by atoms with Gasteiger partial charge in [0.25, 0.3) is 5.91 Å². The average Bonchev–Trinajstić information content (AvgIpc) is 3.18. The molecular weight excluding hydrogens is 360 g/mol. The van der Waals surface area contributed by atoms with Crippen molar-refractivity contribution >= 4 is 23.2 Å². The molecule has 1 fully saturated rings. The number of rotatable bonds is 3. The first kappa shape index (κ1) is 17.6. The van der Waals surface area contributed by atoms with Gasteiger partial charge in [-0.3, -0.25) is 9.89 Å². The van der Waals surface area contributed by atoms with E-state index >= 15 is 0 Å². The molecule has 27 heavy (non-hydrogen) atoms. The maximum atomic E-state index is 12.8. The lowest BCUT2D eigenvalue weighted by Gasteiger charge is -2.36. The number of aromatic nitrogens is 2. The zero-order valence-corrected chi connectivity index (χ0v) is 15.9. The summed E-state index contributed by atoms with van der Waals surface area (Å²) in [6, 6.07) is 17.8. The number of carbonyl (C=O) groups is 1. The highest BCUT2D eigenvalue weighted by Crippen LogP contribution is 2.22. The van der Waals surface area contributed by atoms with Crippen LogP contribution in [0, 0.1) is 6.92 Å². The van der Waals surface area contributed by atoms with E-state index in [-0.39, 0.29) is 5.91 Å². The molecule has 2 aromatic carbocycles. The number of anilines is 1. The van der Waals surface area contributed by atoms with E-state index in [0.717, 1.165) is 35.1 Å². The Bertz CT molecular complexity index is 943. The van der Waals surface area contributed by atoms with Gasteiger partial charge in [-0.25, -0.2) is 0 Å². The van der Waals surface area contributed by atoms with Crippen molar-refractivity contribution in [2.45, 2.75) is 6.92 Å². The number of benzene rings is 2. The smallest absolute Gasteiger partial charge is 0.272 e. The quantitative estimate of drug-likeness (QED) is 0.747. The van der Waals surface area contributed by atoms with Crippen LogP contribution in [0.5, 0.6) is 0 Å². The summed E-state index contributed by atoms with van der Waals surface area (Å²) in [6.07, 6.45) is 0. The van der Waals surface area contributed by atoms with Gasteiger partial charge in [-0.1, -0.05) is 47.5 Å². The Labute approximate surface area is 163 Å². The number of nitrogens with one attached hydrogen (secondary N) is 1. The van der Waals surface area contributed by atoms with Crippen molar-refractivity contribution < 1.29 is 4.79 Å². The van der Waals surface area contributed by atoms with Gasteiger partial charge in [0.2, 0.25) is 0 Å². The van der Waals surface area contributed by atoms with Crippen molar-refractivity contribution in [2.24, 2.45) is 0 Å². The van der Waals surface area contributed by atoms with Gasteiger partial charge in [-0.2, -0.15) is 5.10 Å². The van der Waals surface area contributed by atoms with Crippen LogP contribution in [0.4, 0.5) is 5.69 Å². The second kappa shape index (κ2) is 7.45. The van der Waals surface area contributed by atoms with Crippen molar-refractivity contribution in [3.05, 3.63) is 70.9 Å². The lowest BCUT2D eigenvalue weighted by Crippen LogP contribution is -2.48. The molecule has 0 radical (unpaired) electrons. The number of hydrogen-bond donors (Lipinski definition) is 1. The third-order valence-corrected chi connectivity index (χ3v) is 5.13. The molecule has 1 aromatic heterocycles. The maximum absolute atomic E-state index is 12.8. The van der Waals surface area contributed by atoms with Gasteiger partial charge in [0.05, 0.1) is 5.69 Å². The minimum absolute atomic E-state index is 0.00777. The second-order valence-electron chi connectivity index (χ2n) is 6.79. The van der Waals surface area contributed by atoms with Crippen LogP contribution in [0.2, 0.25) is 5.02 Å². The first-order chi connectivity index (χ1) is 13.1. The summed E-state index contributed by atoms with van der Waals surface area (Å²) in [5.74, 6) is -0.00777. The van der Waals surface area contributed by atoms with E-state index in [2.05, 4.69) is 15.1 Å². The Kier molecular flexibility index (Phi) is 4.86. The minimum atomic E-state index is -0.00777. The van der Waals surface area contributed by atoms with Crippen molar-refractivity contribution in [3.8, 4) is 11.3 Å². The van der Waals surface area contributed by atoms with E-state index in [4.69, 9.17) is 11.6 Å². The third kappa shape index (κ3) is 3.83. The first-order valence-electron chi connectivity index (χ1n) is 9.02. The second-order valence-corrected chi connectivity index (χ2v) is 7.23. The summed E-state index contributed by atoms with van der Waals surface area (Å²) in [5, 5.41) is 7.93. The molecule has 4 rings (SSSR count). The lowest BCUT2D eigenvalue weighted by atomic mass is 10.1. The number of carbonyl (C=O) groups excluding carboxylic acids is 1. The van der Waals surface area contributed by atoms with Crippen LogP contribution in [0.1, 0.15) is 16.1 Å². The van der Waals surface area contributed by atoms with E-state index in [9.17, 15) is 4.79 Å². The van der Waals surface area contributed by atoms with E-state index in [1.807, 2.05) is 66.4 Å². The zero-order chi connectivity index (χ0) is 18.8. The fourth-order valence-corrected chi connectivity index (χ4v) is 3.50. The van der Waals surface area contributed by atoms with Crippen LogP contribution in [-0.2, 0) is 0 Å². The van der Waals surface area contributed by atoms with Gasteiger partial charge in [-0.15, -0.1) is 0 Å². The van der Waals surface area contributed by atoms with Crippen LogP contribution in [-0.4, -0.2) is 47.2 Å². The number of nitrogens with zero attached hydrogens (tertiary/aromatic N) is 3. The highest BCUT2D eigenvalue weighted by atomic mass is 35.5. The van der Waals surface area contributed by atoms with Crippen LogP contribution < -0.4 is 4.90 Å². The summed E-state index contributed by atoms with van der Waals surface area (Å²) in [7, 11) is 0. The number of hydrogen-bond acceptors (Lipinski definition) is 3. The molecule has 0 bridgehead atoms. The molecule has 2 heterocycles. The van der Waals surface area contributed by atoms with Crippen LogP contribution in [0.15, 0.2) is 54.6 Å². The van der Waals surface area contributed by atoms with Gasteiger partial charge >= 0.3 is 0 Å². The summed E-state index contributed by atoms with van der Waals surface area (Å²) in [6.45, 7) is 4.96. The molecule has 1 N–H and O–H groups in total. The Balaban J connectivity index is 1.42. The molecule has 0 aliphatic carbocycles. The van der Waals surface area contributed by atoms with E-state index in [1.54, 1.807) is 0 Å². The van der Waals surface area contributed by atoms with Crippen molar-refractivity contribution in [1.29, 1.82) is 0 Å². The third-order valence-electron chi connectivity index (χ3n) is 4.90. The number of piperazine rings is 1. The predicted octanol–water partition coefficient (Wildman–Crippen LogP) is 4.00. The zero-order valence-electron chi connectivity index (χ0n) is 15.2. The van der Waals surface area contributed by atoms with Crippen molar-refractivity contribution in [1.82, 2.24) is 15.1 Å². The molecule has 0 spiro atoms. The molecule has 138 valence electrons. The lowest BCUT2D eigenvalue weighted by molar-refractivity contribution is 0.0741.